The molecule has 0 aromatic rings. The Kier molecular flexibility index (Phi) is 3.67. The molecule has 2 unspecified atom stereocenters. The molecule has 2 atom stereocenters. The van der Waals surface area contributed by atoms with E-state index in [4.69, 9.17) is 0 Å². The van der Waals surface area contributed by atoms with E-state index in [9.17, 15) is 4.79 Å². The van der Waals surface area contributed by atoms with Gasteiger partial charge in [-0.2, -0.15) is 0 Å². The Morgan fingerprint density at radius 2 is 1.83 bits per heavy atom. The van der Waals surface area contributed by atoms with Gasteiger partial charge in [0.1, 0.15) is 0 Å². The van der Waals surface area contributed by atoms with Crippen LogP contribution in [0.25, 0.3) is 0 Å². The lowest BCUT2D eigenvalue weighted by molar-refractivity contribution is -0.116. The van der Waals surface area contributed by atoms with Crippen molar-refractivity contribution in [1.82, 2.24) is 4.90 Å². The monoisotopic (exact) mass is 187 g/mol. The van der Waals surface area contributed by atoms with Crippen LogP contribution in [-0.4, -0.2) is 29.6 Å². The number of carbonyl (C=O) groups is 1. The molecule has 70 valence electrons. The van der Waals surface area contributed by atoms with Crippen LogP contribution in [0.2, 0.25) is 0 Å². The molecule has 0 spiro atoms. The summed E-state index contributed by atoms with van der Waals surface area (Å²) in [6.45, 7) is 6.43. The van der Waals surface area contributed by atoms with E-state index in [1.807, 2.05) is 0 Å². The number of carbonyl (C=O) groups excluding carboxylic acids is 1. The molecule has 0 saturated carbocycles. The van der Waals surface area contributed by atoms with E-state index in [2.05, 4.69) is 28.0 Å². The molecule has 1 rings (SSSR count). The molecule has 1 saturated heterocycles. The Morgan fingerprint density at radius 3 is 2.17 bits per heavy atom. The molecule has 0 radical (unpaired) electrons. The molecule has 0 amide bonds. The molecule has 1 fully saturated rings. The fraction of sp³-hybridized carbons (Fsp3) is 0.889. The summed E-state index contributed by atoms with van der Waals surface area (Å²) in [6.07, 6.45) is 2.50. The molecule has 0 aliphatic carbocycles. The van der Waals surface area contributed by atoms with Crippen molar-refractivity contribution < 1.29 is 4.79 Å². The van der Waals surface area contributed by atoms with Gasteiger partial charge in [-0.3, -0.25) is 9.69 Å². The first-order valence-corrected chi connectivity index (χ1v) is 5.24. The van der Waals surface area contributed by atoms with E-state index in [0.717, 1.165) is 13.1 Å². The lowest BCUT2D eigenvalue weighted by atomic mass is 10.0. The van der Waals surface area contributed by atoms with Crippen LogP contribution in [0.5, 0.6) is 0 Å². The van der Waals surface area contributed by atoms with Gasteiger partial charge in [-0.15, -0.1) is 0 Å². The first-order valence-electron chi connectivity index (χ1n) is 4.66. The van der Waals surface area contributed by atoms with Crippen LogP contribution in [0.3, 0.4) is 0 Å². The van der Waals surface area contributed by atoms with Crippen LogP contribution in [0.4, 0.5) is 0 Å². The van der Waals surface area contributed by atoms with Crippen LogP contribution in [0.1, 0.15) is 26.7 Å². The van der Waals surface area contributed by atoms with Crippen LogP contribution in [-0.2, 0) is 4.79 Å². The summed E-state index contributed by atoms with van der Waals surface area (Å²) in [6, 6.07) is 0.137. The number of likely N-dealkylation sites (tertiary alicyclic amines) is 1. The zero-order valence-corrected chi connectivity index (χ0v) is 9.07. The smallest absolute Gasteiger partial charge is 0.165 e. The minimum Gasteiger partial charge on any atom is -0.293 e. The van der Waals surface area contributed by atoms with Gasteiger partial charge < -0.3 is 0 Å². The molecule has 1 aliphatic heterocycles. The van der Waals surface area contributed by atoms with Gasteiger partial charge in [-0.05, 0) is 31.8 Å². The molecule has 1 heterocycles. The summed E-state index contributed by atoms with van der Waals surface area (Å²) in [5.74, 6) is 0.438. The van der Waals surface area contributed by atoms with Crippen molar-refractivity contribution in [2.24, 2.45) is 5.92 Å². The summed E-state index contributed by atoms with van der Waals surface area (Å²) >= 11 is 0. The molecule has 2 nitrogen and oxygen atoms in total. The summed E-state index contributed by atoms with van der Waals surface area (Å²) in [7, 11) is 2.32. The number of hydrogen-bond acceptors (Lipinski definition) is 2. The topological polar surface area (TPSA) is 20.3 Å². The van der Waals surface area contributed by atoms with Gasteiger partial charge in [0.2, 0.25) is 0 Å². The van der Waals surface area contributed by atoms with Gasteiger partial charge in [-0.25, -0.2) is 0 Å². The second-order valence-electron chi connectivity index (χ2n) is 3.83. The zero-order valence-electron chi connectivity index (χ0n) is 7.92. The van der Waals surface area contributed by atoms with Crippen molar-refractivity contribution in [2.45, 2.75) is 32.7 Å². The predicted octanol–water partition coefficient (Wildman–Crippen LogP) is 1.51. The molecular formula is C9H18NOP. The Hall–Kier alpha value is 0.0600. The van der Waals surface area contributed by atoms with Crippen molar-refractivity contribution in [3.05, 3.63) is 0 Å². The summed E-state index contributed by atoms with van der Waals surface area (Å²) in [4.78, 5) is 13.6. The zero-order chi connectivity index (χ0) is 9.14. The van der Waals surface area contributed by atoms with Crippen molar-refractivity contribution in [3.8, 4) is 0 Å². The van der Waals surface area contributed by atoms with Gasteiger partial charge >= 0.3 is 0 Å². The molecule has 3 heteroatoms. The quantitative estimate of drug-likeness (QED) is 0.624. The maximum Gasteiger partial charge on any atom is 0.165 e. The van der Waals surface area contributed by atoms with Crippen LogP contribution in [0.15, 0.2) is 0 Å². The fourth-order valence-electron chi connectivity index (χ4n) is 1.95. The van der Waals surface area contributed by atoms with Crippen LogP contribution in [0, 0.1) is 5.92 Å². The Labute approximate surface area is 76.9 Å². The van der Waals surface area contributed by atoms with E-state index < -0.39 is 0 Å². The molecule has 1 aliphatic rings. The fourth-order valence-corrected chi connectivity index (χ4v) is 2.55. The number of rotatable bonds is 3. The third-order valence-electron chi connectivity index (χ3n) is 2.46. The maximum absolute atomic E-state index is 11.3. The minimum absolute atomic E-state index is 0.137. The van der Waals surface area contributed by atoms with Crippen molar-refractivity contribution in [3.63, 3.8) is 0 Å². The van der Waals surface area contributed by atoms with Crippen LogP contribution < -0.4 is 0 Å². The lowest BCUT2D eigenvalue weighted by Gasteiger charge is -2.28. The first-order chi connectivity index (χ1) is 5.63. The Balaban J connectivity index is 2.58. The standard InChI is InChI=1S/C9H18NOP/c1-7(2)8(9(11)12)10-5-3-4-6-10/h7-8H,3-6,12H2,1-2H3. The average molecular weight is 187 g/mol. The van der Waals surface area contributed by atoms with E-state index in [0.29, 0.717) is 5.92 Å². The highest BCUT2D eigenvalue weighted by Gasteiger charge is 2.27. The Morgan fingerprint density at radius 1 is 1.33 bits per heavy atom. The molecule has 0 aromatic heterocycles. The average Bonchev–Trinajstić information content (AvgIpc) is 2.37. The van der Waals surface area contributed by atoms with Crippen LogP contribution >= 0.6 is 9.24 Å². The maximum atomic E-state index is 11.3. The molecule has 0 N–H and O–H groups in total. The highest BCUT2D eigenvalue weighted by Crippen LogP contribution is 2.20. The molecule has 12 heavy (non-hydrogen) atoms. The van der Waals surface area contributed by atoms with Gasteiger partial charge in [0.15, 0.2) is 5.52 Å². The van der Waals surface area contributed by atoms with E-state index >= 15 is 0 Å². The summed E-state index contributed by atoms with van der Waals surface area (Å²) in [5, 5.41) is 0. The largest absolute Gasteiger partial charge is 0.293 e. The Bertz CT molecular complexity index is 164. The second kappa shape index (κ2) is 4.34. The van der Waals surface area contributed by atoms with E-state index in [1.165, 1.54) is 12.8 Å². The first kappa shape index (κ1) is 10.1. The number of nitrogens with zero attached hydrogens (tertiary/aromatic N) is 1. The van der Waals surface area contributed by atoms with Crippen molar-refractivity contribution >= 4 is 14.8 Å². The third kappa shape index (κ3) is 2.27. The highest BCUT2D eigenvalue weighted by atomic mass is 31.0. The minimum atomic E-state index is 0.137. The lowest BCUT2D eigenvalue weighted by Crippen LogP contribution is -2.40. The third-order valence-corrected chi connectivity index (χ3v) is 2.80. The highest BCUT2D eigenvalue weighted by molar-refractivity contribution is 7.40. The second-order valence-corrected chi connectivity index (χ2v) is 4.40. The van der Waals surface area contributed by atoms with Gasteiger partial charge in [-0.1, -0.05) is 23.1 Å². The van der Waals surface area contributed by atoms with Crippen molar-refractivity contribution in [2.75, 3.05) is 13.1 Å². The van der Waals surface area contributed by atoms with Gasteiger partial charge in [0.05, 0.1) is 6.04 Å². The molecular weight excluding hydrogens is 169 g/mol. The molecule has 0 bridgehead atoms. The summed E-state index contributed by atoms with van der Waals surface area (Å²) < 4.78 is 0. The SMILES string of the molecule is CC(C)C(C(=O)P)N1CCCC1. The van der Waals surface area contributed by atoms with Gasteiger partial charge in [0, 0.05) is 0 Å². The molecule has 0 aromatic carbocycles. The predicted molar refractivity (Wildman–Crippen MR) is 54.2 cm³/mol. The number of hydrogen-bond donors (Lipinski definition) is 0. The summed E-state index contributed by atoms with van der Waals surface area (Å²) in [5.41, 5.74) is 0.243. The van der Waals surface area contributed by atoms with E-state index in [-0.39, 0.29) is 11.6 Å². The van der Waals surface area contributed by atoms with E-state index in [1.54, 1.807) is 0 Å². The van der Waals surface area contributed by atoms with Gasteiger partial charge in [0.25, 0.3) is 0 Å². The van der Waals surface area contributed by atoms with Crippen molar-refractivity contribution in [1.29, 1.82) is 0 Å². The normalized spacial score (nSPS) is 21.7.